The quantitative estimate of drug-likeness (QED) is 0.822. The van der Waals surface area contributed by atoms with Crippen LogP contribution >= 0.6 is 23.1 Å². The van der Waals surface area contributed by atoms with E-state index in [1.165, 1.54) is 11.3 Å². The van der Waals surface area contributed by atoms with E-state index in [9.17, 15) is 0 Å². The first-order valence-electron chi connectivity index (χ1n) is 6.79. The van der Waals surface area contributed by atoms with Crippen molar-refractivity contribution in [2.75, 3.05) is 11.1 Å². The molecule has 0 saturated heterocycles. The maximum Gasteiger partial charge on any atom is 0.174 e. The van der Waals surface area contributed by atoms with Crippen LogP contribution in [-0.2, 0) is 12.0 Å². The lowest BCUT2D eigenvalue weighted by molar-refractivity contribution is 0.591. The number of nitrogens with one attached hydrogen (secondary N) is 1. The summed E-state index contributed by atoms with van der Waals surface area (Å²) in [5.74, 6) is 1.04. The summed E-state index contributed by atoms with van der Waals surface area (Å²) < 4.78 is 1.05. The molecular formula is C15H21N3S2. The maximum atomic E-state index is 4.23. The van der Waals surface area contributed by atoms with Gasteiger partial charge >= 0.3 is 0 Å². The smallest absolute Gasteiger partial charge is 0.174 e. The Labute approximate surface area is 129 Å². The molecule has 0 saturated carbocycles. The van der Waals surface area contributed by atoms with Gasteiger partial charge in [-0.1, -0.05) is 69.0 Å². The minimum atomic E-state index is 0.133. The van der Waals surface area contributed by atoms with E-state index in [2.05, 4.69) is 67.5 Å². The highest BCUT2D eigenvalue weighted by molar-refractivity contribution is 8.00. The summed E-state index contributed by atoms with van der Waals surface area (Å²) in [6.07, 6.45) is 0. The summed E-state index contributed by atoms with van der Waals surface area (Å²) in [5, 5.41) is 12.9. The van der Waals surface area contributed by atoms with Gasteiger partial charge in [0, 0.05) is 5.69 Å². The molecule has 1 N–H and O–H groups in total. The number of anilines is 1. The highest BCUT2D eigenvalue weighted by Gasteiger charge is 2.17. The van der Waals surface area contributed by atoms with E-state index in [1.807, 2.05) is 0 Å². The predicted molar refractivity (Wildman–Crippen MR) is 88.8 cm³/mol. The second-order valence-corrected chi connectivity index (χ2v) is 8.12. The minimum Gasteiger partial charge on any atom is -0.378 e. The number of thioether (sulfide) groups is 1. The van der Waals surface area contributed by atoms with E-state index in [0.29, 0.717) is 0 Å². The second-order valence-electron chi connectivity index (χ2n) is 5.54. The molecule has 0 amide bonds. The minimum absolute atomic E-state index is 0.133. The molecular weight excluding hydrogens is 286 g/mol. The van der Waals surface area contributed by atoms with E-state index in [1.54, 1.807) is 23.1 Å². The summed E-state index contributed by atoms with van der Waals surface area (Å²) in [6.45, 7) is 9.55. The van der Waals surface area contributed by atoms with Gasteiger partial charge in [0.15, 0.2) is 4.34 Å². The molecule has 108 valence electrons. The summed E-state index contributed by atoms with van der Waals surface area (Å²) in [6, 6.07) is 8.47. The molecule has 5 heteroatoms. The van der Waals surface area contributed by atoms with Crippen molar-refractivity contribution in [3.8, 4) is 0 Å². The lowest BCUT2D eigenvalue weighted by atomic mass is 9.86. The molecule has 0 atom stereocenters. The molecule has 20 heavy (non-hydrogen) atoms. The van der Waals surface area contributed by atoms with Gasteiger partial charge in [-0.3, -0.25) is 0 Å². The second kappa shape index (κ2) is 6.59. The number of hydrogen-bond acceptors (Lipinski definition) is 5. The van der Waals surface area contributed by atoms with Gasteiger partial charge in [0.25, 0.3) is 0 Å². The average Bonchev–Trinajstić information content (AvgIpc) is 2.84. The van der Waals surface area contributed by atoms with Crippen LogP contribution in [0, 0.1) is 0 Å². The molecule has 0 aliphatic rings. The zero-order valence-electron chi connectivity index (χ0n) is 12.4. The van der Waals surface area contributed by atoms with Crippen LogP contribution in [0.5, 0.6) is 0 Å². The lowest BCUT2D eigenvalue weighted by Crippen LogP contribution is -2.14. The van der Waals surface area contributed by atoms with Crippen LogP contribution in [0.2, 0.25) is 0 Å². The Morgan fingerprint density at radius 2 is 1.95 bits per heavy atom. The molecule has 0 unspecified atom stereocenters. The summed E-state index contributed by atoms with van der Waals surface area (Å²) in [7, 11) is 0. The number of rotatable bonds is 5. The molecule has 0 aliphatic carbocycles. The molecule has 1 aromatic carbocycles. The Balaban J connectivity index is 2.07. The Bertz CT molecular complexity index is 558. The van der Waals surface area contributed by atoms with Gasteiger partial charge in [0.2, 0.25) is 0 Å². The third kappa shape index (κ3) is 3.96. The molecule has 0 aliphatic heterocycles. The largest absolute Gasteiger partial charge is 0.378 e. The van der Waals surface area contributed by atoms with Crippen LogP contribution in [0.3, 0.4) is 0 Å². The van der Waals surface area contributed by atoms with Crippen molar-refractivity contribution < 1.29 is 0 Å². The van der Waals surface area contributed by atoms with Crippen LogP contribution in [0.15, 0.2) is 28.6 Å². The van der Waals surface area contributed by atoms with E-state index in [0.717, 1.165) is 21.6 Å². The highest BCUT2D eigenvalue weighted by atomic mass is 32.2. The van der Waals surface area contributed by atoms with E-state index < -0.39 is 0 Å². The monoisotopic (exact) mass is 307 g/mol. The van der Waals surface area contributed by atoms with Crippen molar-refractivity contribution in [1.29, 1.82) is 0 Å². The third-order valence-corrected chi connectivity index (χ3v) is 4.82. The molecule has 0 fully saturated rings. The molecule has 3 nitrogen and oxygen atoms in total. The maximum absolute atomic E-state index is 4.23. The van der Waals surface area contributed by atoms with Crippen molar-refractivity contribution >= 4 is 28.8 Å². The average molecular weight is 307 g/mol. The Morgan fingerprint density at radius 1 is 1.20 bits per heavy atom. The van der Waals surface area contributed by atoms with Crippen LogP contribution in [-0.4, -0.2) is 16.0 Å². The number of hydrogen-bond donors (Lipinski definition) is 1. The van der Waals surface area contributed by atoms with Crippen molar-refractivity contribution in [3.05, 3.63) is 34.8 Å². The Hall–Kier alpha value is -1.07. The van der Waals surface area contributed by atoms with Crippen LogP contribution < -0.4 is 5.32 Å². The van der Waals surface area contributed by atoms with Gasteiger partial charge in [0.1, 0.15) is 5.01 Å². The number of benzene rings is 1. The van der Waals surface area contributed by atoms with E-state index in [4.69, 9.17) is 0 Å². The van der Waals surface area contributed by atoms with Crippen LogP contribution in [0.1, 0.15) is 38.3 Å². The molecule has 0 radical (unpaired) electrons. The van der Waals surface area contributed by atoms with E-state index >= 15 is 0 Å². The molecule has 1 aromatic heterocycles. The summed E-state index contributed by atoms with van der Waals surface area (Å²) in [5.41, 5.74) is 2.64. The molecule has 1 heterocycles. The van der Waals surface area contributed by atoms with Gasteiger partial charge in [-0.15, -0.1) is 10.2 Å². The fourth-order valence-corrected chi connectivity index (χ4v) is 3.69. The zero-order chi connectivity index (χ0) is 14.6. The van der Waals surface area contributed by atoms with Crippen LogP contribution in [0.25, 0.3) is 0 Å². The number of nitrogens with zero attached hydrogens (tertiary/aromatic N) is 2. The van der Waals surface area contributed by atoms with Gasteiger partial charge in [-0.2, -0.15) is 0 Å². The van der Waals surface area contributed by atoms with Crippen molar-refractivity contribution in [2.24, 2.45) is 0 Å². The summed E-state index contributed by atoms with van der Waals surface area (Å²) >= 11 is 3.41. The molecule has 2 aromatic rings. The van der Waals surface area contributed by atoms with Crippen molar-refractivity contribution in [3.63, 3.8) is 0 Å². The molecule has 2 rings (SSSR count). The lowest BCUT2D eigenvalue weighted by Gasteiger charge is -2.23. The topological polar surface area (TPSA) is 37.8 Å². The van der Waals surface area contributed by atoms with Crippen LogP contribution in [0.4, 0.5) is 5.69 Å². The molecule has 0 spiro atoms. The Kier molecular flexibility index (Phi) is 5.05. The SMILES string of the molecule is CCSc1nnc(CNc2ccccc2C(C)(C)C)s1. The van der Waals surface area contributed by atoms with Crippen molar-refractivity contribution in [1.82, 2.24) is 10.2 Å². The van der Waals surface area contributed by atoms with Gasteiger partial charge in [-0.05, 0) is 22.8 Å². The highest BCUT2D eigenvalue weighted by Crippen LogP contribution is 2.30. The Morgan fingerprint density at radius 3 is 2.65 bits per heavy atom. The van der Waals surface area contributed by atoms with Gasteiger partial charge in [0.05, 0.1) is 6.54 Å². The standard InChI is InChI=1S/C15H21N3S2/c1-5-19-14-18-17-13(20-14)10-16-12-9-7-6-8-11(12)15(2,3)4/h6-9,16H,5,10H2,1-4H3. The fraction of sp³-hybridized carbons (Fsp3) is 0.467. The normalized spacial score (nSPS) is 11.6. The fourth-order valence-electron chi connectivity index (χ4n) is 1.95. The van der Waals surface area contributed by atoms with Gasteiger partial charge in [-0.25, -0.2) is 0 Å². The van der Waals surface area contributed by atoms with Crippen molar-refractivity contribution in [2.45, 2.75) is 44.0 Å². The summed E-state index contributed by atoms with van der Waals surface area (Å²) in [4.78, 5) is 0. The first-order chi connectivity index (χ1) is 9.50. The first kappa shape index (κ1) is 15.3. The molecule has 0 bridgehead atoms. The number of para-hydroxylation sites is 1. The van der Waals surface area contributed by atoms with E-state index in [-0.39, 0.29) is 5.41 Å². The zero-order valence-corrected chi connectivity index (χ0v) is 14.1. The first-order valence-corrected chi connectivity index (χ1v) is 8.59. The third-order valence-electron chi connectivity index (χ3n) is 2.88. The predicted octanol–water partition coefficient (Wildman–Crippen LogP) is 4.56. The van der Waals surface area contributed by atoms with Gasteiger partial charge < -0.3 is 5.32 Å². The number of aromatic nitrogens is 2.